The van der Waals surface area contributed by atoms with Gasteiger partial charge in [0.05, 0.1) is 30.0 Å². The van der Waals surface area contributed by atoms with E-state index in [4.69, 9.17) is 0 Å². The number of hydrogen-bond donors (Lipinski definition) is 3. The molecule has 0 unspecified atom stereocenters. The summed E-state index contributed by atoms with van der Waals surface area (Å²) in [4.78, 5) is 31.8. The first-order valence-electron chi connectivity index (χ1n) is 13.4. The van der Waals surface area contributed by atoms with Gasteiger partial charge >= 0.3 is 6.18 Å². The highest BCUT2D eigenvalue weighted by Gasteiger charge is 2.30. The number of carbonyl (C=O) groups is 2. The predicted octanol–water partition coefficient (Wildman–Crippen LogP) is 6.11. The van der Waals surface area contributed by atoms with Gasteiger partial charge in [0.25, 0.3) is 5.91 Å². The Hall–Kier alpha value is -3.51. The number of amides is 2. The normalized spacial score (nSPS) is 15.7. The van der Waals surface area contributed by atoms with Crippen LogP contribution in [0.1, 0.15) is 92.6 Å². The number of hydrogen-bond acceptors (Lipinski definition) is 4. The molecule has 4 rings (SSSR count). The first-order valence-corrected chi connectivity index (χ1v) is 13.4. The number of alkyl halides is 5. The van der Waals surface area contributed by atoms with Crippen molar-refractivity contribution in [2.45, 2.75) is 89.4 Å². The van der Waals surface area contributed by atoms with Crippen LogP contribution in [0.4, 0.5) is 22.0 Å². The van der Waals surface area contributed by atoms with E-state index in [1.165, 1.54) is 10.9 Å². The van der Waals surface area contributed by atoms with Gasteiger partial charge in [-0.3, -0.25) is 14.3 Å². The Morgan fingerprint density at radius 2 is 1.88 bits per heavy atom. The molecule has 1 aliphatic rings. The van der Waals surface area contributed by atoms with E-state index >= 15 is 0 Å². The summed E-state index contributed by atoms with van der Waals surface area (Å²) in [5, 5.41) is 9.43. The number of aromatic nitrogens is 4. The number of H-pyrrole nitrogens is 1. The van der Waals surface area contributed by atoms with Crippen molar-refractivity contribution in [1.82, 2.24) is 30.4 Å². The van der Waals surface area contributed by atoms with Crippen molar-refractivity contribution in [2.24, 2.45) is 7.05 Å². The van der Waals surface area contributed by atoms with Gasteiger partial charge in [-0.2, -0.15) is 18.3 Å². The molecule has 8 nitrogen and oxygen atoms in total. The van der Waals surface area contributed by atoms with E-state index in [0.29, 0.717) is 41.8 Å². The Morgan fingerprint density at radius 3 is 2.45 bits per heavy atom. The van der Waals surface area contributed by atoms with Crippen molar-refractivity contribution in [3.05, 3.63) is 47.5 Å². The number of nitrogens with zero attached hydrogens (tertiary/aromatic N) is 3. The lowest BCUT2D eigenvalue weighted by Gasteiger charge is -2.20. The number of aryl methyl sites for hydroxylation is 1. The zero-order chi connectivity index (χ0) is 29.3. The van der Waals surface area contributed by atoms with Crippen molar-refractivity contribution in [3.8, 4) is 0 Å². The van der Waals surface area contributed by atoms with Crippen LogP contribution >= 0.6 is 0 Å². The molecule has 3 N–H and O–H groups in total. The molecule has 1 saturated carbocycles. The summed E-state index contributed by atoms with van der Waals surface area (Å²) in [6, 6.07) is 6.60. The van der Waals surface area contributed by atoms with Crippen molar-refractivity contribution < 1.29 is 31.5 Å². The average molecular weight is 571 g/mol. The van der Waals surface area contributed by atoms with Gasteiger partial charge < -0.3 is 15.6 Å². The maximum absolute atomic E-state index is 12.4. The molecule has 1 aliphatic carbocycles. The topological polar surface area (TPSA) is 105 Å². The van der Waals surface area contributed by atoms with Crippen LogP contribution in [0.5, 0.6) is 0 Å². The molecule has 1 atom stereocenters. The standard InChI is InChI=1S/C21H25F3N6O2.C6H10F2/c1-3-4-14(29-19(31)7-9-21(22,23)24)13-5-6-15-16(11-13)28-18(27-15)12-25-20(32)17-8-10-26-30(17)2;7-6(8)4-2-1-3-5-6/h5-6,8,10-11,14H,3-4,7,9,12H2,1-2H3,(H,25,32)(H,27,28)(H,29,31);1-5H2/t14-;/m0./s1. The molecule has 220 valence electrons. The number of aromatic amines is 1. The maximum Gasteiger partial charge on any atom is 0.389 e. The van der Waals surface area contributed by atoms with Gasteiger partial charge in [-0.1, -0.05) is 25.8 Å². The Kier molecular flexibility index (Phi) is 10.6. The van der Waals surface area contributed by atoms with Crippen LogP contribution in [0.2, 0.25) is 0 Å². The van der Waals surface area contributed by atoms with E-state index in [9.17, 15) is 31.5 Å². The molecule has 13 heteroatoms. The summed E-state index contributed by atoms with van der Waals surface area (Å²) in [5.74, 6) is -2.69. The second kappa shape index (κ2) is 13.7. The second-order valence-corrected chi connectivity index (χ2v) is 9.92. The Morgan fingerprint density at radius 1 is 1.15 bits per heavy atom. The fourth-order valence-electron chi connectivity index (χ4n) is 4.43. The zero-order valence-electron chi connectivity index (χ0n) is 22.6. The monoisotopic (exact) mass is 570 g/mol. The third-order valence-corrected chi connectivity index (χ3v) is 6.56. The summed E-state index contributed by atoms with van der Waals surface area (Å²) in [6.45, 7) is 2.12. The second-order valence-electron chi connectivity index (χ2n) is 9.92. The van der Waals surface area contributed by atoms with Gasteiger partial charge in [-0.05, 0) is 43.0 Å². The highest BCUT2D eigenvalue weighted by Crippen LogP contribution is 2.32. The van der Waals surface area contributed by atoms with Crippen LogP contribution in [0.3, 0.4) is 0 Å². The maximum atomic E-state index is 12.4. The summed E-state index contributed by atoms with van der Waals surface area (Å²) in [5.41, 5.74) is 2.58. The SMILES string of the molecule is CCC[C@H](NC(=O)CCC(F)(F)F)c1ccc2nc(CNC(=O)c3ccnn3C)[nH]c2c1.FC1(F)CCCCC1. The third-order valence-electron chi connectivity index (χ3n) is 6.56. The average Bonchev–Trinajstić information content (AvgIpc) is 3.51. The van der Waals surface area contributed by atoms with E-state index in [2.05, 4.69) is 25.7 Å². The van der Waals surface area contributed by atoms with Gasteiger partial charge in [0, 0.05) is 32.5 Å². The number of rotatable bonds is 9. The molecule has 1 fully saturated rings. The molecule has 0 radical (unpaired) electrons. The largest absolute Gasteiger partial charge is 0.389 e. The molecule has 2 aromatic heterocycles. The molecule has 0 spiro atoms. The summed E-state index contributed by atoms with van der Waals surface area (Å²) in [6.07, 6.45) is -0.583. The minimum Gasteiger partial charge on any atom is -0.349 e. The lowest BCUT2D eigenvalue weighted by atomic mass is 9.97. The summed E-state index contributed by atoms with van der Waals surface area (Å²) < 4.78 is 63.1. The van der Waals surface area contributed by atoms with Crippen molar-refractivity contribution >= 4 is 22.8 Å². The number of imidazole rings is 1. The molecule has 2 heterocycles. The summed E-state index contributed by atoms with van der Waals surface area (Å²) in [7, 11) is 1.67. The summed E-state index contributed by atoms with van der Waals surface area (Å²) >= 11 is 0. The van der Waals surface area contributed by atoms with E-state index < -0.39 is 36.9 Å². The predicted molar refractivity (Wildman–Crippen MR) is 140 cm³/mol. The highest BCUT2D eigenvalue weighted by atomic mass is 19.4. The van der Waals surface area contributed by atoms with Crippen molar-refractivity contribution in [1.29, 1.82) is 0 Å². The minimum absolute atomic E-state index is 0.118. The van der Waals surface area contributed by atoms with Crippen molar-refractivity contribution in [3.63, 3.8) is 0 Å². The number of halogens is 5. The van der Waals surface area contributed by atoms with E-state index in [1.54, 1.807) is 25.2 Å². The lowest BCUT2D eigenvalue weighted by Crippen LogP contribution is -2.29. The first-order chi connectivity index (χ1) is 18.9. The Balaban J connectivity index is 0.000000472. The smallest absolute Gasteiger partial charge is 0.349 e. The lowest BCUT2D eigenvalue weighted by molar-refractivity contribution is -0.144. The number of benzene rings is 1. The van der Waals surface area contributed by atoms with E-state index in [1.807, 2.05) is 13.0 Å². The Labute approximate surface area is 229 Å². The van der Waals surface area contributed by atoms with Crippen LogP contribution in [0.15, 0.2) is 30.5 Å². The van der Waals surface area contributed by atoms with Crippen LogP contribution in [0, 0.1) is 0 Å². The number of fused-ring (bicyclic) bond motifs is 1. The van der Waals surface area contributed by atoms with Crippen LogP contribution < -0.4 is 10.6 Å². The first kappa shape index (κ1) is 31.0. The fraction of sp³-hybridized carbons (Fsp3) is 0.556. The molecule has 0 saturated heterocycles. The minimum atomic E-state index is -4.37. The van der Waals surface area contributed by atoms with Crippen LogP contribution in [-0.2, 0) is 18.4 Å². The molecule has 2 amide bonds. The van der Waals surface area contributed by atoms with E-state index in [0.717, 1.165) is 18.4 Å². The molecule has 0 bridgehead atoms. The molecular weight excluding hydrogens is 535 g/mol. The van der Waals surface area contributed by atoms with Gasteiger partial charge in [-0.25, -0.2) is 13.8 Å². The fourth-order valence-corrected chi connectivity index (χ4v) is 4.43. The third kappa shape index (κ3) is 9.60. The number of carbonyl (C=O) groups excluding carboxylic acids is 2. The molecule has 3 aromatic rings. The van der Waals surface area contributed by atoms with Crippen molar-refractivity contribution in [2.75, 3.05) is 0 Å². The van der Waals surface area contributed by atoms with Crippen LogP contribution in [-0.4, -0.2) is 43.7 Å². The van der Waals surface area contributed by atoms with Gasteiger partial charge in [-0.15, -0.1) is 0 Å². The van der Waals surface area contributed by atoms with Crippen LogP contribution in [0.25, 0.3) is 11.0 Å². The molecule has 0 aliphatic heterocycles. The van der Waals surface area contributed by atoms with Gasteiger partial charge in [0.15, 0.2) is 0 Å². The quantitative estimate of drug-likeness (QED) is 0.270. The number of nitrogens with one attached hydrogen (secondary N) is 3. The van der Waals surface area contributed by atoms with E-state index in [-0.39, 0.29) is 25.3 Å². The Bertz CT molecular complexity index is 1260. The van der Waals surface area contributed by atoms with Gasteiger partial charge in [0.1, 0.15) is 11.5 Å². The zero-order valence-corrected chi connectivity index (χ0v) is 22.6. The molecule has 1 aromatic carbocycles. The molecular formula is C27H35F5N6O2. The van der Waals surface area contributed by atoms with Gasteiger partial charge in [0.2, 0.25) is 11.8 Å². The molecule has 40 heavy (non-hydrogen) atoms. The highest BCUT2D eigenvalue weighted by molar-refractivity contribution is 5.92.